The Morgan fingerprint density at radius 1 is 1.44 bits per heavy atom. The molecule has 0 bridgehead atoms. The number of rotatable bonds is 5. The number of hydrogen-bond acceptors (Lipinski definition) is 4. The molecule has 1 amide bonds. The topological polar surface area (TPSA) is 53.0 Å². The van der Waals surface area contributed by atoms with Crippen LogP contribution in [0.15, 0.2) is 0 Å². The summed E-state index contributed by atoms with van der Waals surface area (Å²) in [7, 11) is 0. The second-order valence-corrected chi connectivity index (χ2v) is 5.36. The number of aliphatic hydroxyl groups excluding tert-OH is 1. The van der Waals surface area contributed by atoms with E-state index in [2.05, 4.69) is 4.90 Å². The normalized spacial score (nSPS) is 29.3. The predicted molar refractivity (Wildman–Crippen MR) is 68.3 cm³/mol. The van der Waals surface area contributed by atoms with Crippen LogP contribution in [0, 0.1) is 0 Å². The molecule has 1 heterocycles. The summed E-state index contributed by atoms with van der Waals surface area (Å²) < 4.78 is 5.58. The molecule has 1 N–H and O–H groups in total. The summed E-state index contributed by atoms with van der Waals surface area (Å²) in [6.45, 7) is 6.71. The molecule has 1 aliphatic heterocycles. The molecule has 0 radical (unpaired) electrons. The van der Waals surface area contributed by atoms with Crippen molar-refractivity contribution in [2.45, 2.75) is 44.9 Å². The minimum absolute atomic E-state index is 0.0230. The maximum atomic E-state index is 12.2. The van der Waals surface area contributed by atoms with E-state index in [1.54, 1.807) is 0 Å². The summed E-state index contributed by atoms with van der Waals surface area (Å²) in [5.74, 6) is 0.214. The first kappa shape index (κ1) is 13.8. The maximum Gasteiger partial charge on any atom is 0.236 e. The number of amides is 1. The van der Waals surface area contributed by atoms with Crippen LogP contribution >= 0.6 is 0 Å². The number of ether oxygens (including phenoxy) is 1. The van der Waals surface area contributed by atoms with Crippen molar-refractivity contribution in [2.75, 3.05) is 32.8 Å². The van der Waals surface area contributed by atoms with Gasteiger partial charge in [-0.1, -0.05) is 0 Å². The lowest BCUT2D eigenvalue weighted by Gasteiger charge is -2.36. The van der Waals surface area contributed by atoms with Crippen molar-refractivity contribution in [1.82, 2.24) is 9.80 Å². The van der Waals surface area contributed by atoms with Crippen LogP contribution in [-0.2, 0) is 9.53 Å². The Labute approximate surface area is 109 Å². The Balaban J connectivity index is 1.85. The zero-order valence-corrected chi connectivity index (χ0v) is 11.3. The van der Waals surface area contributed by atoms with Crippen molar-refractivity contribution in [3.8, 4) is 0 Å². The van der Waals surface area contributed by atoms with Crippen LogP contribution in [0.4, 0.5) is 0 Å². The van der Waals surface area contributed by atoms with E-state index >= 15 is 0 Å². The molecule has 5 nitrogen and oxygen atoms in total. The predicted octanol–water partition coefficient (Wildman–Crippen LogP) is 0.0789. The zero-order valence-electron chi connectivity index (χ0n) is 11.3. The lowest BCUT2D eigenvalue weighted by Crippen LogP contribution is -2.51. The molecule has 1 saturated carbocycles. The van der Waals surface area contributed by atoms with E-state index in [0.29, 0.717) is 19.1 Å². The van der Waals surface area contributed by atoms with Gasteiger partial charge in [0, 0.05) is 25.7 Å². The van der Waals surface area contributed by atoms with Crippen molar-refractivity contribution < 1.29 is 14.6 Å². The highest BCUT2D eigenvalue weighted by molar-refractivity contribution is 5.79. The van der Waals surface area contributed by atoms with E-state index in [-0.39, 0.29) is 24.7 Å². The molecule has 104 valence electrons. The number of aliphatic hydroxyl groups is 1. The number of carbonyl (C=O) groups is 1. The Morgan fingerprint density at radius 3 is 2.72 bits per heavy atom. The molecule has 2 aliphatic rings. The Hall–Kier alpha value is -0.650. The highest BCUT2D eigenvalue weighted by atomic mass is 16.5. The average Bonchev–Trinajstić information content (AvgIpc) is 3.13. The Morgan fingerprint density at radius 2 is 2.17 bits per heavy atom. The van der Waals surface area contributed by atoms with Gasteiger partial charge in [-0.25, -0.2) is 0 Å². The van der Waals surface area contributed by atoms with Crippen molar-refractivity contribution in [1.29, 1.82) is 0 Å². The summed E-state index contributed by atoms with van der Waals surface area (Å²) in [5.41, 5.74) is 0. The van der Waals surface area contributed by atoms with Gasteiger partial charge >= 0.3 is 0 Å². The quantitative estimate of drug-likeness (QED) is 0.757. The van der Waals surface area contributed by atoms with Gasteiger partial charge in [0.15, 0.2) is 0 Å². The fraction of sp³-hybridized carbons (Fsp3) is 0.923. The van der Waals surface area contributed by atoms with Gasteiger partial charge in [-0.3, -0.25) is 9.69 Å². The third kappa shape index (κ3) is 3.43. The van der Waals surface area contributed by atoms with Crippen molar-refractivity contribution in [3.05, 3.63) is 0 Å². The van der Waals surface area contributed by atoms with Gasteiger partial charge < -0.3 is 14.7 Å². The lowest BCUT2D eigenvalue weighted by molar-refractivity contribution is -0.138. The molecular weight excluding hydrogens is 232 g/mol. The van der Waals surface area contributed by atoms with Crippen LogP contribution in [-0.4, -0.2) is 71.8 Å². The van der Waals surface area contributed by atoms with E-state index < -0.39 is 0 Å². The average molecular weight is 256 g/mol. The standard InChI is InChI=1S/C13H24N2O3/c1-3-15(11-4-5-11)13(17)8-14-6-10(2)18-12(7-14)9-16/h10-12,16H,3-9H2,1-2H3. The van der Waals surface area contributed by atoms with E-state index in [1.807, 2.05) is 18.7 Å². The molecule has 18 heavy (non-hydrogen) atoms. The van der Waals surface area contributed by atoms with Gasteiger partial charge in [-0.05, 0) is 26.7 Å². The van der Waals surface area contributed by atoms with Crippen LogP contribution in [0.3, 0.4) is 0 Å². The first-order chi connectivity index (χ1) is 8.63. The molecule has 2 unspecified atom stereocenters. The molecule has 2 fully saturated rings. The summed E-state index contributed by atoms with van der Waals surface area (Å²) in [5, 5.41) is 9.17. The SMILES string of the molecule is CCN(C(=O)CN1CC(C)OC(CO)C1)C1CC1. The number of morpholine rings is 1. The van der Waals surface area contributed by atoms with Crippen molar-refractivity contribution >= 4 is 5.91 Å². The van der Waals surface area contributed by atoms with Gasteiger partial charge in [0.1, 0.15) is 0 Å². The number of hydrogen-bond donors (Lipinski definition) is 1. The molecule has 1 aliphatic carbocycles. The fourth-order valence-electron chi connectivity index (χ4n) is 2.68. The Bertz CT molecular complexity index is 294. The molecule has 0 aromatic carbocycles. The molecule has 5 heteroatoms. The third-order valence-electron chi connectivity index (χ3n) is 3.61. The lowest BCUT2D eigenvalue weighted by atomic mass is 10.2. The maximum absolute atomic E-state index is 12.2. The Kier molecular flexibility index (Phi) is 4.59. The van der Waals surface area contributed by atoms with E-state index in [1.165, 1.54) is 0 Å². The molecule has 0 spiro atoms. The summed E-state index contributed by atoms with van der Waals surface area (Å²) in [6, 6.07) is 0.481. The molecule has 2 rings (SSSR count). The van der Waals surface area contributed by atoms with Crippen LogP contribution in [0.5, 0.6) is 0 Å². The summed E-state index contributed by atoms with van der Waals surface area (Å²) >= 11 is 0. The van der Waals surface area contributed by atoms with Crippen LogP contribution in [0.25, 0.3) is 0 Å². The summed E-state index contributed by atoms with van der Waals surface area (Å²) in [6.07, 6.45) is 2.23. The van der Waals surface area contributed by atoms with Crippen LogP contribution in [0.1, 0.15) is 26.7 Å². The monoisotopic (exact) mass is 256 g/mol. The van der Waals surface area contributed by atoms with Crippen LogP contribution in [0.2, 0.25) is 0 Å². The van der Waals surface area contributed by atoms with Crippen molar-refractivity contribution in [3.63, 3.8) is 0 Å². The van der Waals surface area contributed by atoms with E-state index in [0.717, 1.165) is 25.9 Å². The molecule has 0 aromatic heterocycles. The first-order valence-electron chi connectivity index (χ1n) is 6.92. The molecular formula is C13H24N2O3. The van der Waals surface area contributed by atoms with Gasteiger partial charge in [-0.2, -0.15) is 0 Å². The molecule has 2 atom stereocenters. The number of nitrogens with zero attached hydrogens (tertiary/aromatic N) is 2. The van der Waals surface area contributed by atoms with Gasteiger partial charge in [0.05, 0.1) is 25.4 Å². The molecule has 1 saturated heterocycles. The fourth-order valence-corrected chi connectivity index (χ4v) is 2.68. The number of carbonyl (C=O) groups excluding carboxylic acids is 1. The zero-order chi connectivity index (χ0) is 13.1. The highest BCUT2D eigenvalue weighted by Crippen LogP contribution is 2.26. The second kappa shape index (κ2) is 5.99. The summed E-state index contributed by atoms with van der Waals surface area (Å²) in [4.78, 5) is 16.3. The van der Waals surface area contributed by atoms with E-state index in [4.69, 9.17) is 9.84 Å². The van der Waals surface area contributed by atoms with Crippen LogP contribution < -0.4 is 0 Å². The molecule has 0 aromatic rings. The highest BCUT2D eigenvalue weighted by Gasteiger charge is 2.33. The third-order valence-corrected chi connectivity index (χ3v) is 3.61. The van der Waals surface area contributed by atoms with Gasteiger partial charge in [0.25, 0.3) is 0 Å². The number of likely N-dealkylation sites (N-methyl/N-ethyl adjacent to an activating group) is 1. The minimum Gasteiger partial charge on any atom is -0.394 e. The minimum atomic E-state index is -0.155. The second-order valence-electron chi connectivity index (χ2n) is 5.36. The first-order valence-corrected chi connectivity index (χ1v) is 6.92. The largest absolute Gasteiger partial charge is 0.394 e. The van der Waals surface area contributed by atoms with Gasteiger partial charge in [0.2, 0.25) is 5.91 Å². The smallest absolute Gasteiger partial charge is 0.236 e. The van der Waals surface area contributed by atoms with Crippen molar-refractivity contribution in [2.24, 2.45) is 0 Å². The van der Waals surface area contributed by atoms with E-state index in [9.17, 15) is 4.79 Å². The van der Waals surface area contributed by atoms with Gasteiger partial charge in [-0.15, -0.1) is 0 Å².